The van der Waals surface area contributed by atoms with Gasteiger partial charge in [0, 0.05) is 13.2 Å². The highest BCUT2D eigenvalue weighted by Gasteiger charge is 2.18. The van der Waals surface area contributed by atoms with Crippen LogP contribution in [0, 0.1) is 0 Å². The lowest BCUT2D eigenvalue weighted by molar-refractivity contribution is 0.0600. The molecule has 0 aromatic heterocycles. The van der Waals surface area contributed by atoms with Gasteiger partial charge in [-0.2, -0.15) is 0 Å². The van der Waals surface area contributed by atoms with Gasteiger partial charge in [-0.25, -0.2) is 4.79 Å². The van der Waals surface area contributed by atoms with Crippen molar-refractivity contribution in [3.63, 3.8) is 0 Å². The van der Waals surface area contributed by atoms with E-state index < -0.39 is 5.97 Å². The molecule has 0 aliphatic carbocycles. The zero-order valence-electron chi connectivity index (χ0n) is 9.81. The Morgan fingerprint density at radius 1 is 1.35 bits per heavy atom. The van der Waals surface area contributed by atoms with Gasteiger partial charge >= 0.3 is 5.97 Å². The third-order valence-electron chi connectivity index (χ3n) is 3.05. The molecule has 1 aliphatic heterocycles. The molecule has 0 unspecified atom stereocenters. The molecular weight excluding hydrogens is 220 g/mol. The maximum Gasteiger partial charge on any atom is 0.337 e. The highest BCUT2D eigenvalue weighted by atomic mass is 16.5. The molecule has 1 aromatic rings. The third kappa shape index (κ3) is 2.77. The van der Waals surface area contributed by atoms with E-state index in [9.17, 15) is 9.90 Å². The van der Waals surface area contributed by atoms with E-state index >= 15 is 0 Å². The summed E-state index contributed by atoms with van der Waals surface area (Å²) in [7, 11) is 1.33. The summed E-state index contributed by atoms with van der Waals surface area (Å²) in [6.45, 7) is 1.46. The topological polar surface area (TPSA) is 55.8 Å². The Morgan fingerprint density at radius 3 is 2.71 bits per heavy atom. The normalized spacial score (nSPS) is 16.8. The minimum Gasteiger partial charge on any atom is -0.508 e. The molecule has 4 nitrogen and oxygen atoms in total. The number of aromatic hydroxyl groups is 1. The van der Waals surface area contributed by atoms with E-state index in [-0.39, 0.29) is 5.75 Å². The summed E-state index contributed by atoms with van der Waals surface area (Å²) in [6.07, 6.45) is 1.84. The molecule has 0 spiro atoms. The van der Waals surface area contributed by atoms with Crippen molar-refractivity contribution in [1.29, 1.82) is 0 Å². The fraction of sp³-hybridized carbons (Fsp3) is 0.462. The van der Waals surface area contributed by atoms with Gasteiger partial charge in [0.2, 0.25) is 0 Å². The first kappa shape index (κ1) is 11.9. The number of hydrogen-bond donors (Lipinski definition) is 1. The van der Waals surface area contributed by atoms with Crippen molar-refractivity contribution in [2.45, 2.75) is 18.8 Å². The van der Waals surface area contributed by atoms with Crippen LogP contribution in [0.4, 0.5) is 0 Å². The van der Waals surface area contributed by atoms with E-state index in [4.69, 9.17) is 4.74 Å². The lowest BCUT2D eigenvalue weighted by Crippen LogP contribution is -2.14. The first-order valence-electron chi connectivity index (χ1n) is 5.70. The standard InChI is InChI=1S/C13H16O4/c1-16-13(15)11-6-10(7-12(14)8-11)9-2-4-17-5-3-9/h6-9,14H,2-5H2,1H3. The Hall–Kier alpha value is -1.55. The van der Waals surface area contributed by atoms with Crippen LogP contribution >= 0.6 is 0 Å². The molecule has 2 rings (SSSR count). The maximum atomic E-state index is 11.4. The van der Waals surface area contributed by atoms with Gasteiger partial charge in [0.15, 0.2) is 0 Å². The summed E-state index contributed by atoms with van der Waals surface area (Å²) in [6, 6.07) is 4.93. The number of rotatable bonds is 2. The van der Waals surface area contributed by atoms with Crippen molar-refractivity contribution >= 4 is 5.97 Å². The van der Waals surface area contributed by atoms with E-state index in [1.807, 2.05) is 0 Å². The average molecular weight is 236 g/mol. The second-order valence-electron chi connectivity index (χ2n) is 4.19. The highest BCUT2D eigenvalue weighted by Crippen LogP contribution is 2.30. The van der Waals surface area contributed by atoms with E-state index in [0.29, 0.717) is 11.5 Å². The van der Waals surface area contributed by atoms with Gasteiger partial charge in [0.25, 0.3) is 0 Å². The Bertz CT molecular complexity index is 408. The van der Waals surface area contributed by atoms with Crippen molar-refractivity contribution in [1.82, 2.24) is 0 Å². The Labute approximate surface area is 100 Å². The number of carbonyl (C=O) groups excluding carboxylic acids is 1. The summed E-state index contributed by atoms with van der Waals surface area (Å²) in [5.41, 5.74) is 1.38. The molecule has 1 fully saturated rings. The van der Waals surface area contributed by atoms with Crippen LogP contribution in [0.5, 0.6) is 5.75 Å². The second-order valence-corrected chi connectivity index (χ2v) is 4.19. The molecule has 1 N–H and O–H groups in total. The van der Waals surface area contributed by atoms with Gasteiger partial charge in [-0.15, -0.1) is 0 Å². The number of phenolic OH excluding ortho intramolecular Hbond substituents is 1. The largest absolute Gasteiger partial charge is 0.508 e. The molecule has 0 atom stereocenters. The number of hydrogen-bond acceptors (Lipinski definition) is 4. The van der Waals surface area contributed by atoms with Gasteiger partial charge < -0.3 is 14.6 Å². The zero-order valence-corrected chi connectivity index (χ0v) is 9.81. The minimum atomic E-state index is -0.422. The smallest absolute Gasteiger partial charge is 0.337 e. The summed E-state index contributed by atoms with van der Waals surface area (Å²) >= 11 is 0. The van der Waals surface area contributed by atoms with Crippen LogP contribution in [0.1, 0.15) is 34.7 Å². The molecule has 92 valence electrons. The van der Waals surface area contributed by atoms with E-state index in [2.05, 4.69) is 4.74 Å². The Kier molecular flexibility index (Phi) is 3.64. The predicted octanol–water partition coefficient (Wildman–Crippen LogP) is 2.07. The fourth-order valence-corrected chi connectivity index (χ4v) is 2.14. The van der Waals surface area contributed by atoms with Crippen molar-refractivity contribution in [3.05, 3.63) is 29.3 Å². The molecule has 0 radical (unpaired) electrons. The molecule has 0 saturated carbocycles. The van der Waals surface area contributed by atoms with Gasteiger partial charge in [-0.3, -0.25) is 0 Å². The SMILES string of the molecule is COC(=O)c1cc(O)cc(C2CCOCC2)c1. The first-order valence-corrected chi connectivity index (χ1v) is 5.70. The monoisotopic (exact) mass is 236 g/mol. The first-order chi connectivity index (χ1) is 8.20. The van der Waals surface area contributed by atoms with Crippen LogP contribution in [-0.2, 0) is 9.47 Å². The molecule has 1 aromatic carbocycles. The van der Waals surface area contributed by atoms with Crippen LogP contribution < -0.4 is 0 Å². The molecule has 0 bridgehead atoms. The number of esters is 1. The number of carbonyl (C=O) groups is 1. The predicted molar refractivity (Wildman–Crippen MR) is 62.2 cm³/mol. The summed E-state index contributed by atoms with van der Waals surface area (Å²) in [5.74, 6) is 0.0304. The van der Waals surface area contributed by atoms with Crippen LogP contribution in [0.2, 0.25) is 0 Å². The lowest BCUT2D eigenvalue weighted by Gasteiger charge is -2.22. The Balaban J connectivity index is 2.27. The molecule has 1 saturated heterocycles. The fourth-order valence-electron chi connectivity index (χ4n) is 2.14. The van der Waals surface area contributed by atoms with Crippen LogP contribution in [0.25, 0.3) is 0 Å². The molecule has 1 heterocycles. The van der Waals surface area contributed by atoms with Gasteiger partial charge in [-0.05, 0) is 42.5 Å². The van der Waals surface area contributed by atoms with Crippen molar-refractivity contribution < 1.29 is 19.4 Å². The molecular formula is C13H16O4. The number of benzene rings is 1. The van der Waals surface area contributed by atoms with Gasteiger partial charge in [0.1, 0.15) is 5.75 Å². The van der Waals surface area contributed by atoms with Crippen LogP contribution in [0.15, 0.2) is 18.2 Å². The molecule has 4 heteroatoms. The quantitative estimate of drug-likeness (QED) is 0.799. The number of methoxy groups -OCH3 is 1. The summed E-state index contributed by atoms with van der Waals surface area (Å²) in [5, 5.41) is 9.63. The second kappa shape index (κ2) is 5.19. The zero-order chi connectivity index (χ0) is 12.3. The minimum absolute atomic E-state index is 0.106. The summed E-state index contributed by atoms with van der Waals surface area (Å²) in [4.78, 5) is 11.4. The highest BCUT2D eigenvalue weighted by molar-refractivity contribution is 5.90. The summed E-state index contributed by atoms with van der Waals surface area (Å²) < 4.78 is 9.96. The van der Waals surface area contributed by atoms with Crippen LogP contribution in [-0.4, -0.2) is 31.4 Å². The van der Waals surface area contributed by atoms with Gasteiger partial charge in [-0.1, -0.05) is 0 Å². The lowest BCUT2D eigenvalue weighted by atomic mass is 9.90. The molecule has 17 heavy (non-hydrogen) atoms. The number of ether oxygens (including phenoxy) is 2. The van der Waals surface area contributed by atoms with E-state index in [1.54, 1.807) is 12.1 Å². The van der Waals surface area contributed by atoms with E-state index in [0.717, 1.165) is 31.6 Å². The molecule has 1 aliphatic rings. The molecule has 0 amide bonds. The van der Waals surface area contributed by atoms with Crippen molar-refractivity contribution in [2.75, 3.05) is 20.3 Å². The van der Waals surface area contributed by atoms with Gasteiger partial charge in [0.05, 0.1) is 12.7 Å². The van der Waals surface area contributed by atoms with Crippen LogP contribution in [0.3, 0.4) is 0 Å². The third-order valence-corrected chi connectivity index (χ3v) is 3.05. The van der Waals surface area contributed by atoms with E-state index in [1.165, 1.54) is 13.2 Å². The average Bonchev–Trinajstić information content (AvgIpc) is 2.38. The van der Waals surface area contributed by atoms with Crippen molar-refractivity contribution in [3.8, 4) is 5.75 Å². The Morgan fingerprint density at radius 2 is 2.06 bits per heavy atom. The number of phenols is 1. The van der Waals surface area contributed by atoms with Crippen molar-refractivity contribution in [2.24, 2.45) is 0 Å². The maximum absolute atomic E-state index is 11.4.